The highest BCUT2D eigenvalue weighted by atomic mass is 35.5. The number of nitrogens with two attached hydrogens (primary N) is 1. The van der Waals surface area contributed by atoms with Crippen molar-refractivity contribution in [2.75, 3.05) is 13.1 Å². The third kappa shape index (κ3) is 7.15. The number of hydrogen-bond donors (Lipinski definition) is 3. The molecule has 3 rings (SSSR count). The van der Waals surface area contributed by atoms with Crippen LogP contribution in [0.4, 0.5) is 0 Å². The second-order valence-electron chi connectivity index (χ2n) is 8.77. The summed E-state index contributed by atoms with van der Waals surface area (Å²) in [4.78, 5) is 41.9. The molecule has 2 aliphatic rings. The number of aromatic nitrogens is 2. The number of carbonyl (C=O) groups is 3. The maximum atomic E-state index is 12.8. The third-order valence-corrected chi connectivity index (χ3v) is 6.31. The standard InChI is InChI=1S/C22H33N5O4.ClH/c1-15(23)21(30)25-22(31)19-10-17(16-6-3-2-4-7-16)11-27(19)9-5-8-18-12-26(14-24-18)13-20(28)29;/h5,8,12,14-17,19H,2-4,6-7,9-11,13,23H2,1H3,(H,28,29)(H,25,30,31);1H/b8-5+;/t15-,17?,19-;/m0./s1. The molecule has 1 unspecified atom stereocenters. The number of halogens is 1. The number of imide groups is 1. The zero-order valence-electron chi connectivity index (χ0n) is 18.5. The predicted octanol–water partition coefficient (Wildman–Crippen LogP) is 1.66. The van der Waals surface area contributed by atoms with Crippen LogP contribution >= 0.6 is 12.4 Å². The van der Waals surface area contributed by atoms with Gasteiger partial charge in [0.05, 0.1) is 24.1 Å². The van der Waals surface area contributed by atoms with Crippen molar-refractivity contribution in [3.05, 3.63) is 24.3 Å². The highest BCUT2D eigenvalue weighted by Gasteiger charge is 2.40. The number of imidazole rings is 1. The lowest BCUT2D eigenvalue weighted by Gasteiger charge is -2.27. The van der Waals surface area contributed by atoms with Crippen molar-refractivity contribution in [3.8, 4) is 0 Å². The first kappa shape index (κ1) is 26.0. The molecule has 0 aromatic carbocycles. The van der Waals surface area contributed by atoms with Crippen LogP contribution in [0.5, 0.6) is 0 Å². The van der Waals surface area contributed by atoms with E-state index in [1.807, 2.05) is 12.2 Å². The minimum atomic E-state index is -0.922. The van der Waals surface area contributed by atoms with Crippen molar-refractivity contribution < 1.29 is 19.5 Å². The van der Waals surface area contributed by atoms with E-state index >= 15 is 0 Å². The molecule has 0 bridgehead atoms. The van der Waals surface area contributed by atoms with Crippen LogP contribution in [-0.4, -0.2) is 62.5 Å². The van der Waals surface area contributed by atoms with Gasteiger partial charge in [-0.3, -0.25) is 24.6 Å². The molecular weight excluding hydrogens is 434 g/mol. The van der Waals surface area contributed by atoms with Gasteiger partial charge in [-0.05, 0) is 31.3 Å². The summed E-state index contributed by atoms with van der Waals surface area (Å²) in [6.45, 7) is 2.81. The number of rotatable bonds is 8. The predicted molar refractivity (Wildman–Crippen MR) is 123 cm³/mol. The number of nitrogens with zero attached hydrogens (tertiary/aromatic N) is 3. The minimum absolute atomic E-state index is 0. The molecule has 1 aromatic rings. The number of carbonyl (C=O) groups excluding carboxylic acids is 2. The van der Waals surface area contributed by atoms with E-state index in [1.165, 1.54) is 43.0 Å². The van der Waals surface area contributed by atoms with Gasteiger partial charge in [-0.25, -0.2) is 4.98 Å². The Labute approximate surface area is 194 Å². The van der Waals surface area contributed by atoms with Crippen LogP contribution in [0, 0.1) is 11.8 Å². The van der Waals surface area contributed by atoms with E-state index in [9.17, 15) is 14.4 Å². The summed E-state index contributed by atoms with van der Waals surface area (Å²) in [5, 5.41) is 11.3. The van der Waals surface area contributed by atoms with Crippen molar-refractivity contribution in [3.63, 3.8) is 0 Å². The second-order valence-corrected chi connectivity index (χ2v) is 8.77. The number of likely N-dealkylation sites (tertiary alicyclic amines) is 1. The maximum absolute atomic E-state index is 12.8. The highest BCUT2D eigenvalue weighted by Crippen LogP contribution is 2.37. The van der Waals surface area contributed by atoms with Gasteiger partial charge < -0.3 is 15.4 Å². The summed E-state index contributed by atoms with van der Waals surface area (Å²) in [5.41, 5.74) is 6.27. The van der Waals surface area contributed by atoms with Gasteiger partial charge in [0.15, 0.2) is 0 Å². The molecule has 2 fully saturated rings. The van der Waals surface area contributed by atoms with E-state index < -0.39 is 17.9 Å². The molecule has 32 heavy (non-hydrogen) atoms. The molecule has 10 heteroatoms. The molecular formula is C22H34ClN5O4. The third-order valence-electron chi connectivity index (χ3n) is 6.31. The van der Waals surface area contributed by atoms with Crippen molar-refractivity contribution in [1.29, 1.82) is 0 Å². The molecule has 2 amide bonds. The maximum Gasteiger partial charge on any atom is 0.323 e. The van der Waals surface area contributed by atoms with Gasteiger partial charge >= 0.3 is 5.97 Å². The molecule has 1 aliphatic carbocycles. The van der Waals surface area contributed by atoms with E-state index in [2.05, 4.69) is 15.2 Å². The minimum Gasteiger partial charge on any atom is -0.480 e. The Balaban J connectivity index is 0.00000363. The normalized spacial score (nSPS) is 23.1. The quantitative estimate of drug-likeness (QED) is 0.529. The van der Waals surface area contributed by atoms with Crippen molar-refractivity contribution >= 4 is 36.3 Å². The molecule has 0 spiro atoms. The van der Waals surface area contributed by atoms with Crippen LogP contribution in [0.15, 0.2) is 18.6 Å². The molecule has 1 saturated heterocycles. The molecule has 9 nitrogen and oxygen atoms in total. The second kappa shape index (κ2) is 12.1. The first-order valence-corrected chi connectivity index (χ1v) is 11.1. The molecule has 1 aliphatic heterocycles. The summed E-state index contributed by atoms with van der Waals surface area (Å²) in [5.74, 6) is -0.571. The fourth-order valence-corrected chi connectivity index (χ4v) is 4.69. The molecule has 2 heterocycles. The first-order valence-electron chi connectivity index (χ1n) is 11.1. The topological polar surface area (TPSA) is 131 Å². The number of hydrogen-bond acceptors (Lipinski definition) is 6. The van der Waals surface area contributed by atoms with Crippen molar-refractivity contribution in [2.45, 2.75) is 64.1 Å². The Morgan fingerprint density at radius 3 is 2.66 bits per heavy atom. The van der Waals surface area contributed by atoms with Gasteiger partial charge in [0.25, 0.3) is 0 Å². The lowest BCUT2D eigenvalue weighted by Crippen LogP contribution is -2.49. The molecule has 1 aromatic heterocycles. The zero-order chi connectivity index (χ0) is 22.4. The molecule has 1 saturated carbocycles. The average molecular weight is 468 g/mol. The zero-order valence-corrected chi connectivity index (χ0v) is 19.3. The number of carboxylic acid groups (broad SMARTS) is 1. The monoisotopic (exact) mass is 467 g/mol. The van der Waals surface area contributed by atoms with E-state index in [-0.39, 0.29) is 30.9 Å². The van der Waals surface area contributed by atoms with E-state index in [1.54, 1.807) is 13.1 Å². The van der Waals surface area contributed by atoms with Crippen LogP contribution in [0.3, 0.4) is 0 Å². The smallest absolute Gasteiger partial charge is 0.323 e. The average Bonchev–Trinajstić information content (AvgIpc) is 3.35. The molecule has 178 valence electrons. The first-order chi connectivity index (χ1) is 14.8. The molecule has 3 atom stereocenters. The Morgan fingerprint density at radius 1 is 1.28 bits per heavy atom. The van der Waals surface area contributed by atoms with E-state index in [0.717, 1.165) is 13.0 Å². The van der Waals surface area contributed by atoms with Crippen molar-refractivity contribution in [2.24, 2.45) is 17.6 Å². The Bertz CT molecular complexity index is 819. The largest absolute Gasteiger partial charge is 0.480 e. The van der Waals surface area contributed by atoms with Crippen LogP contribution in [0.2, 0.25) is 0 Å². The number of carboxylic acids is 1. The molecule has 4 N–H and O–H groups in total. The Morgan fingerprint density at radius 2 is 2.00 bits per heavy atom. The van der Waals surface area contributed by atoms with Crippen LogP contribution in [-0.2, 0) is 20.9 Å². The van der Waals surface area contributed by atoms with Gasteiger partial charge in [-0.2, -0.15) is 0 Å². The van der Waals surface area contributed by atoms with E-state index in [0.29, 0.717) is 24.1 Å². The Hall–Kier alpha value is -2.23. The van der Waals surface area contributed by atoms with E-state index in [4.69, 9.17) is 10.8 Å². The summed E-state index contributed by atoms with van der Waals surface area (Å²) < 4.78 is 1.51. The summed E-state index contributed by atoms with van der Waals surface area (Å²) in [6, 6.07) is -1.09. The van der Waals surface area contributed by atoms with Crippen LogP contribution < -0.4 is 11.1 Å². The summed E-state index contributed by atoms with van der Waals surface area (Å²) in [6.07, 6.45) is 13.9. The SMILES string of the molecule is C[C@H](N)C(=O)NC(=O)[C@@H]1CC(C2CCCCC2)CN1C/C=C/c1cn(CC(=O)O)cn1.Cl. The van der Waals surface area contributed by atoms with Gasteiger partial charge in [0, 0.05) is 19.3 Å². The van der Waals surface area contributed by atoms with Crippen LogP contribution in [0.1, 0.15) is 51.1 Å². The van der Waals surface area contributed by atoms with Gasteiger partial charge in [0.2, 0.25) is 11.8 Å². The van der Waals surface area contributed by atoms with Gasteiger partial charge in [-0.1, -0.05) is 38.2 Å². The summed E-state index contributed by atoms with van der Waals surface area (Å²) >= 11 is 0. The lowest BCUT2D eigenvalue weighted by atomic mass is 9.79. The number of nitrogens with one attached hydrogen (secondary N) is 1. The fraction of sp³-hybridized carbons (Fsp3) is 0.636. The fourth-order valence-electron chi connectivity index (χ4n) is 4.69. The lowest BCUT2D eigenvalue weighted by molar-refractivity contribution is -0.138. The molecule has 0 radical (unpaired) electrons. The summed E-state index contributed by atoms with van der Waals surface area (Å²) in [7, 11) is 0. The highest BCUT2D eigenvalue weighted by molar-refractivity contribution is 5.99. The Kier molecular flexibility index (Phi) is 9.86. The van der Waals surface area contributed by atoms with Crippen LogP contribution in [0.25, 0.3) is 6.08 Å². The number of aliphatic carboxylic acids is 1. The van der Waals surface area contributed by atoms with Crippen molar-refractivity contribution in [1.82, 2.24) is 19.8 Å². The number of amides is 2. The van der Waals surface area contributed by atoms with Gasteiger partial charge in [-0.15, -0.1) is 12.4 Å². The van der Waals surface area contributed by atoms with Gasteiger partial charge in [0.1, 0.15) is 6.54 Å².